The monoisotopic (exact) mass is 760 g/mol. The van der Waals surface area contributed by atoms with Crippen LogP contribution in [0, 0.1) is 23.7 Å². The molecule has 292 valence electrons. The highest BCUT2D eigenvalue weighted by Gasteiger charge is 2.40. The van der Waals surface area contributed by atoms with Crippen molar-refractivity contribution in [2.45, 2.75) is 77.5 Å². The summed E-state index contributed by atoms with van der Waals surface area (Å²) in [6.45, 7) is 8.64. The van der Waals surface area contributed by atoms with Crippen molar-refractivity contribution in [1.29, 1.82) is 0 Å². The van der Waals surface area contributed by atoms with Crippen molar-refractivity contribution in [2.24, 2.45) is 11.8 Å². The topological polar surface area (TPSA) is 177 Å². The van der Waals surface area contributed by atoms with Gasteiger partial charge in [-0.15, -0.1) is 0 Å². The molecule has 4 heterocycles. The molecule has 2 fully saturated rings. The lowest BCUT2D eigenvalue weighted by Gasteiger charge is -2.33. The number of carboxylic acid groups (broad SMARTS) is 1. The predicted octanol–water partition coefficient (Wildman–Crippen LogP) is 6.33. The quantitative estimate of drug-likeness (QED) is 0.133. The van der Waals surface area contributed by atoms with Gasteiger partial charge in [-0.1, -0.05) is 51.7 Å². The maximum Gasteiger partial charge on any atom is 0.407 e. The van der Waals surface area contributed by atoms with Gasteiger partial charge in [0.2, 0.25) is 11.8 Å². The van der Waals surface area contributed by atoms with Crippen molar-refractivity contribution in [2.75, 3.05) is 27.2 Å². The third-order valence-electron chi connectivity index (χ3n) is 11.0. The number of likely N-dealkylation sites (tertiary alicyclic amines) is 2. The number of imidazole rings is 2. The lowest BCUT2D eigenvalue weighted by molar-refractivity contribution is -0.138. The van der Waals surface area contributed by atoms with Gasteiger partial charge < -0.3 is 34.9 Å². The number of benzene rings is 3. The normalized spacial score (nSPS) is 18.1. The molecule has 2 aliphatic heterocycles. The Bertz CT molecular complexity index is 2390. The van der Waals surface area contributed by atoms with E-state index in [4.69, 9.17) is 14.7 Å². The smallest absolute Gasteiger partial charge is 0.407 e. The van der Waals surface area contributed by atoms with Crippen LogP contribution in [0.4, 0.5) is 9.59 Å². The Hall–Kier alpha value is -6.10. The van der Waals surface area contributed by atoms with Crippen LogP contribution in [0.15, 0.2) is 48.5 Å². The molecule has 4 amide bonds. The van der Waals surface area contributed by atoms with Crippen LogP contribution in [-0.2, 0) is 14.3 Å². The zero-order chi connectivity index (χ0) is 39.8. The summed E-state index contributed by atoms with van der Waals surface area (Å²) in [6.07, 6.45) is 1.38. The van der Waals surface area contributed by atoms with E-state index in [0.717, 1.165) is 80.4 Å². The van der Waals surface area contributed by atoms with Crippen LogP contribution < -0.4 is 5.32 Å². The summed E-state index contributed by atoms with van der Waals surface area (Å²) in [5.41, 5.74) is 4.91. The van der Waals surface area contributed by atoms with Gasteiger partial charge in [0.1, 0.15) is 23.7 Å². The van der Waals surface area contributed by atoms with Crippen molar-refractivity contribution in [3.63, 3.8) is 0 Å². The molecule has 2 saturated heterocycles. The summed E-state index contributed by atoms with van der Waals surface area (Å²) < 4.78 is 4.77. The fraction of sp³-hybridized carbons (Fsp3) is 0.429. The molecule has 56 heavy (non-hydrogen) atoms. The number of hydrogen-bond donors (Lipinski definition) is 4. The number of aromatic nitrogens is 4. The van der Waals surface area contributed by atoms with Gasteiger partial charge in [-0.2, -0.15) is 0 Å². The second-order valence-electron chi connectivity index (χ2n) is 15.4. The van der Waals surface area contributed by atoms with Gasteiger partial charge in [0.15, 0.2) is 0 Å². The number of rotatable bonds is 8. The number of H-pyrrole nitrogens is 2. The van der Waals surface area contributed by atoms with Gasteiger partial charge in [-0.3, -0.25) is 14.5 Å². The number of carbonyl (C=O) groups excluding carboxylic acids is 3. The Kier molecular flexibility index (Phi) is 10.6. The molecule has 0 spiro atoms. The number of nitrogens with zero attached hydrogens (tertiary/aromatic N) is 5. The minimum atomic E-state index is -1.13. The summed E-state index contributed by atoms with van der Waals surface area (Å²) in [6, 6.07) is 13.9. The number of carbonyl (C=O) groups is 4. The molecule has 7 rings (SSSR count). The first-order valence-corrected chi connectivity index (χ1v) is 19.2. The first kappa shape index (κ1) is 38.2. The number of methoxy groups -OCH3 is 1. The van der Waals surface area contributed by atoms with Crippen molar-refractivity contribution >= 4 is 56.8 Å². The van der Waals surface area contributed by atoms with Crippen LogP contribution in [0.2, 0.25) is 0 Å². The van der Waals surface area contributed by atoms with E-state index in [2.05, 4.69) is 27.1 Å². The number of alkyl carbamates (subject to hydrolysis) is 1. The highest BCUT2D eigenvalue weighted by atomic mass is 16.5. The molecular formula is C42H48N8O6. The van der Waals surface area contributed by atoms with E-state index in [9.17, 15) is 24.3 Å². The second-order valence-corrected chi connectivity index (χ2v) is 15.4. The predicted molar refractivity (Wildman–Crippen MR) is 212 cm³/mol. The molecule has 2 aromatic heterocycles. The molecule has 0 unspecified atom stereocenters. The molecule has 0 bridgehead atoms. The second kappa shape index (κ2) is 15.6. The molecular weight excluding hydrogens is 713 g/mol. The molecule has 0 saturated carbocycles. The van der Waals surface area contributed by atoms with E-state index >= 15 is 0 Å². The number of ether oxygens (including phenoxy) is 1. The highest BCUT2D eigenvalue weighted by molar-refractivity contribution is 6.04. The molecule has 2 aliphatic rings. The standard InChI is InChI=1S/C42H48N8O6/c1-23(2)34(47-41(53)56-6)39(51)49-19-7-10-33(49)38-44-30-18-15-27-21-25(13-16-28(27)35(30)46-38)11-12-26-14-17-29-31(22-26)45-37(43-29)32-9-8-20-50(32)40(52)36(24(3)4)48(5)42(54)55/h13-18,21-24,32-34,36H,7-10,19-20H2,1-6H3,(H,43,45)(H,44,46)(H,47,53)(H,54,55)/t32-,33-,34-,36-/m0/s1. The average molecular weight is 761 g/mol. The van der Waals surface area contributed by atoms with Crippen LogP contribution in [0.25, 0.3) is 32.8 Å². The van der Waals surface area contributed by atoms with Crippen LogP contribution in [-0.4, -0.2) is 103 Å². The molecule has 0 radical (unpaired) electrons. The lowest BCUT2D eigenvalue weighted by atomic mass is 10.0. The maximum absolute atomic E-state index is 13.6. The van der Waals surface area contributed by atoms with Crippen molar-refractivity contribution in [3.8, 4) is 11.8 Å². The van der Waals surface area contributed by atoms with E-state index in [0.29, 0.717) is 18.9 Å². The number of amides is 4. The Morgan fingerprint density at radius 2 is 1.45 bits per heavy atom. The van der Waals surface area contributed by atoms with E-state index in [1.807, 2.05) is 81.1 Å². The molecule has 4 atom stereocenters. The summed E-state index contributed by atoms with van der Waals surface area (Å²) in [4.78, 5) is 72.4. The number of hydrogen-bond acceptors (Lipinski definition) is 7. The molecule has 5 aromatic rings. The van der Waals surface area contributed by atoms with Gasteiger partial charge in [-0.25, -0.2) is 19.6 Å². The van der Waals surface area contributed by atoms with Gasteiger partial charge in [0.25, 0.3) is 0 Å². The van der Waals surface area contributed by atoms with Gasteiger partial charge in [0, 0.05) is 36.7 Å². The summed E-state index contributed by atoms with van der Waals surface area (Å²) in [7, 11) is 2.73. The van der Waals surface area contributed by atoms with Gasteiger partial charge in [-0.05, 0) is 79.3 Å². The van der Waals surface area contributed by atoms with Crippen molar-refractivity contribution in [1.82, 2.24) is 40.0 Å². The zero-order valence-corrected chi connectivity index (χ0v) is 32.6. The van der Waals surface area contributed by atoms with E-state index < -0.39 is 24.3 Å². The van der Waals surface area contributed by atoms with Crippen molar-refractivity contribution < 1.29 is 29.0 Å². The number of nitrogens with one attached hydrogen (secondary N) is 3. The first-order valence-electron chi connectivity index (χ1n) is 19.2. The van der Waals surface area contributed by atoms with Crippen LogP contribution in [0.3, 0.4) is 0 Å². The number of fused-ring (bicyclic) bond motifs is 4. The first-order chi connectivity index (χ1) is 26.8. The SMILES string of the molecule is COC(=O)N[C@H](C(=O)N1CCC[C@H]1c1nc2c(ccc3cc(C#Cc4ccc5[nH]c([C@@H]6CCCN6C(=O)[C@H](C(C)C)N(C)C(=O)O)nc5c4)ccc32)[nH]1)C(C)C. The van der Waals surface area contributed by atoms with E-state index in [1.165, 1.54) is 14.2 Å². The minimum Gasteiger partial charge on any atom is -0.465 e. The molecule has 14 heteroatoms. The molecule has 14 nitrogen and oxygen atoms in total. The minimum absolute atomic E-state index is 0.118. The Morgan fingerprint density at radius 3 is 2.09 bits per heavy atom. The summed E-state index contributed by atoms with van der Waals surface area (Å²) >= 11 is 0. The highest BCUT2D eigenvalue weighted by Crippen LogP contribution is 2.35. The lowest BCUT2D eigenvalue weighted by Crippen LogP contribution is -2.51. The fourth-order valence-electron chi connectivity index (χ4n) is 8.16. The molecule has 4 N–H and O–H groups in total. The van der Waals surface area contributed by atoms with E-state index in [1.54, 1.807) is 4.90 Å². The number of aromatic amines is 2. The molecule has 0 aliphatic carbocycles. The third-order valence-corrected chi connectivity index (χ3v) is 11.0. The van der Waals surface area contributed by atoms with Gasteiger partial charge in [0.05, 0.1) is 41.3 Å². The van der Waals surface area contributed by atoms with Crippen molar-refractivity contribution in [3.05, 3.63) is 71.3 Å². The largest absolute Gasteiger partial charge is 0.465 e. The van der Waals surface area contributed by atoms with Crippen LogP contribution >= 0.6 is 0 Å². The van der Waals surface area contributed by atoms with Crippen LogP contribution in [0.5, 0.6) is 0 Å². The van der Waals surface area contributed by atoms with E-state index in [-0.39, 0.29) is 35.7 Å². The Labute approximate surface area is 325 Å². The average Bonchev–Trinajstić information content (AvgIpc) is 4.00. The maximum atomic E-state index is 13.6. The van der Waals surface area contributed by atoms with Crippen LogP contribution in [0.1, 0.15) is 88.2 Å². The Morgan fingerprint density at radius 1 is 0.839 bits per heavy atom. The summed E-state index contributed by atoms with van der Waals surface area (Å²) in [5, 5.41) is 14.3. The third kappa shape index (κ3) is 7.33. The number of likely N-dealkylation sites (N-methyl/N-ethyl adjacent to an activating group) is 1. The molecule has 3 aromatic carbocycles. The Balaban J connectivity index is 1.09. The summed E-state index contributed by atoms with van der Waals surface area (Å²) in [5.74, 6) is 7.31. The fourth-order valence-corrected chi connectivity index (χ4v) is 8.16. The van der Waals surface area contributed by atoms with Gasteiger partial charge >= 0.3 is 12.2 Å². The zero-order valence-electron chi connectivity index (χ0n) is 32.6.